The minimum absolute atomic E-state index is 0.0917. The fraction of sp³-hybridized carbons (Fsp3) is 0.111. The van der Waals surface area contributed by atoms with Crippen LogP contribution in [0.25, 0.3) is 0 Å². The van der Waals surface area contributed by atoms with Crippen molar-refractivity contribution in [3.8, 4) is 0 Å². The predicted octanol–water partition coefficient (Wildman–Crippen LogP) is 2.19. The number of carboxylic acids is 1. The number of rotatable bonds is 2. The third kappa shape index (κ3) is 1.97. The minimum Gasteiger partial charge on any atom is -0.475 e. The number of carboxylic acid groups (broad SMARTS) is 1. The quantitative estimate of drug-likeness (QED) is 0.485. The van der Waals surface area contributed by atoms with Gasteiger partial charge in [0.2, 0.25) is 0 Å². The summed E-state index contributed by atoms with van der Waals surface area (Å²) in [5.74, 6) is -6.15. The SMILES string of the molecule is Cc1cc(Cl)c(F)c(C(=O)C(=O)O)c1F. The lowest BCUT2D eigenvalue weighted by atomic mass is 10.1. The lowest BCUT2D eigenvalue weighted by Gasteiger charge is -2.05. The molecule has 0 bridgehead atoms. The molecule has 0 spiro atoms. The molecule has 1 rings (SSSR count). The number of carbonyl (C=O) groups excluding carboxylic acids is 1. The van der Waals surface area contributed by atoms with Gasteiger partial charge < -0.3 is 5.11 Å². The van der Waals surface area contributed by atoms with E-state index in [1.165, 1.54) is 6.92 Å². The van der Waals surface area contributed by atoms with Gasteiger partial charge in [-0.3, -0.25) is 4.79 Å². The zero-order valence-electron chi connectivity index (χ0n) is 7.47. The van der Waals surface area contributed by atoms with E-state index in [0.29, 0.717) is 0 Å². The lowest BCUT2D eigenvalue weighted by Crippen LogP contribution is -2.17. The summed E-state index contributed by atoms with van der Waals surface area (Å²) in [6.07, 6.45) is 0. The molecule has 0 heterocycles. The van der Waals surface area contributed by atoms with E-state index in [-0.39, 0.29) is 5.56 Å². The van der Waals surface area contributed by atoms with Gasteiger partial charge in [0.05, 0.1) is 5.02 Å². The van der Waals surface area contributed by atoms with Crippen molar-refractivity contribution in [1.82, 2.24) is 0 Å². The van der Waals surface area contributed by atoms with E-state index in [1.54, 1.807) is 0 Å². The zero-order valence-corrected chi connectivity index (χ0v) is 8.23. The molecule has 1 aromatic carbocycles. The van der Waals surface area contributed by atoms with Crippen LogP contribution in [0.15, 0.2) is 6.07 Å². The van der Waals surface area contributed by atoms with Crippen molar-refractivity contribution >= 4 is 23.4 Å². The molecule has 1 aromatic rings. The Kier molecular flexibility index (Phi) is 3.04. The topological polar surface area (TPSA) is 54.4 Å². The first-order valence-electron chi connectivity index (χ1n) is 3.78. The summed E-state index contributed by atoms with van der Waals surface area (Å²) in [4.78, 5) is 21.3. The second-order valence-corrected chi connectivity index (χ2v) is 3.22. The number of Topliss-reactive ketones (excluding diaryl/α,β-unsaturated/α-hetero) is 1. The van der Waals surface area contributed by atoms with E-state index in [4.69, 9.17) is 16.7 Å². The number of ketones is 1. The second kappa shape index (κ2) is 3.94. The van der Waals surface area contributed by atoms with Crippen LogP contribution < -0.4 is 0 Å². The molecule has 0 aliphatic rings. The van der Waals surface area contributed by atoms with E-state index in [2.05, 4.69) is 0 Å². The van der Waals surface area contributed by atoms with Crippen LogP contribution in [0.4, 0.5) is 8.78 Å². The summed E-state index contributed by atoms with van der Waals surface area (Å²) in [7, 11) is 0. The monoisotopic (exact) mass is 234 g/mol. The van der Waals surface area contributed by atoms with Crippen molar-refractivity contribution in [2.75, 3.05) is 0 Å². The molecule has 3 nitrogen and oxygen atoms in total. The highest BCUT2D eigenvalue weighted by molar-refractivity contribution is 6.40. The van der Waals surface area contributed by atoms with Gasteiger partial charge >= 0.3 is 5.97 Å². The number of carbonyl (C=O) groups is 2. The molecule has 0 aliphatic heterocycles. The first kappa shape index (κ1) is 11.6. The molecule has 6 heteroatoms. The second-order valence-electron chi connectivity index (χ2n) is 2.81. The molecular formula is C9H5ClF2O3. The Hall–Kier alpha value is -1.49. The van der Waals surface area contributed by atoms with Crippen molar-refractivity contribution in [1.29, 1.82) is 0 Å². The summed E-state index contributed by atoms with van der Waals surface area (Å²) in [6, 6.07) is 0.977. The fourth-order valence-electron chi connectivity index (χ4n) is 1.04. The molecule has 0 amide bonds. The van der Waals surface area contributed by atoms with E-state index in [9.17, 15) is 18.4 Å². The minimum atomic E-state index is -1.94. The summed E-state index contributed by atoms with van der Waals surface area (Å²) in [6.45, 7) is 1.25. The van der Waals surface area contributed by atoms with Crippen LogP contribution in [-0.4, -0.2) is 16.9 Å². The first-order valence-corrected chi connectivity index (χ1v) is 4.15. The maximum absolute atomic E-state index is 13.3. The Morgan fingerprint density at radius 2 is 1.87 bits per heavy atom. The molecule has 0 radical (unpaired) electrons. The Morgan fingerprint density at radius 1 is 1.33 bits per heavy atom. The summed E-state index contributed by atoms with van der Waals surface area (Å²) >= 11 is 5.35. The smallest absolute Gasteiger partial charge is 0.377 e. The van der Waals surface area contributed by atoms with Crippen molar-refractivity contribution < 1.29 is 23.5 Å². The highest BCUT2D eigenvalue weighted by Gasteiger charge is 2.26. The molecule has 80 valence electrons. The number of aryl methyl sites for hydroxylation is 1. The number of hydrogen-bond acceptors (Lipinski definition) is 2. The number of benzene rings is 1. The Bertz CT molecular complexity index is 431. The van der Waals surface area contributed by atoms with Gasteiger partial charge in [0.15, 0.2) is 5.82 Å². The molecule has 0 saturated heterocycles. The van der Waals surface area contributed by atoms with Crippen molar-refractivity contribution in [3.05, 3.63) is 33.9 Å². The van der Waals surface area contributed by atoms with Gasteiger partial charge in [-0.1, -0.05) is 11.6 Å². The van der Waals surface area contributed by atoms with E-state index in [1.807, 2.05) is 0 Å². The first-order chi connectivity index (χ1) is 6.86. The van der Waals surface area contributed by atoms with Crippen molar-refractivity contribution in [2.45, 2.75) is 6.92 Å². The van der Waals surface area contributed by atoms with Gasteiger partial charge in [-0.05, 0) is 18.6 Å². The summed E-state index contributed by atoms with van der Waals surface area (Å²) in [5.41, 5.74) is -1.22. The van der Waals surface area contributed by atoms with Crippen LogP contribution in [0, 0.1) is 18.6 Å². The third-order valence-electron chi connectivity index (χ3n) is 1.76. The molecular weight excluding hydrogens is 230 g/mol. The maximum Gasteiger partial charge on any atom is 0.377 e. The zero-order chi connectivity index (χ0) is 11.7. The van der Waals surface area contributed by atoms with Gasteiger partial charge in [0.1, 0.15) is 11.4 Å². The number of halogens is 3. The van der Waals surface area contributed by atoms with Crippen LogP contribution in [-0.2, 0) is 4.79 Å². The van der Waals surface area contributed by atoms with Crippen molar-refractivity contribution in [3.63, 3.8) is 0 Å². The number of aliphatic carboxylic acids is 1. The van der Waals surface area contributed by atoms with Gasteiger partial charge in [0, 0.05) is 0 Å². The molecule has 0 unspecified atom stereocenters. The molecule has 0 fully saturated rings. The third-order valence-corrected chi connectivity index (χ3v) is 2.03. The normalized spacial score (nSPS) is 10.1. The van der Waals surface area contributed by atoms with Crippen LogP contribution in [0.2, 0.25) is 5.02 Å². The number of hydrogen-bond donors (Lipinski definition) is 1. The van der Waals surface area contributed by atoms with Gasteiger partial charge in [-0.15, -0.1) is 0 Å². The lowest BCUT2D eigenvalue weighted by molar-refractivity contribution is -0.131. The van der Waals surface area contributed by atoms with Crippen LogP contribution in [0.5, 0.6) is 0 Å². The standard InChI is InChI=1S/C9H5ClF2O3/c1-3-2-4(10)7(12)5(6(3)11)8(13)9(14)15/h2H,1H3,(H,14,15). The summed E-state index contributed by atoms with van der Waals surface area (Å²) < 4.78 is 26.5. The van der Waals surface area contributed by atoms with E-state index >= 15 is 0 Å². The molecule has 0 atom stereocenters. The summed E-state index contributed by atoms with van der Waals surface area (Å²) in [5, 5.41) is 7.85. The van der Waals surface area contributed by atoms with E-state index < -0.39 is 34.0 Å². The highest BCUT2D eigenvalue weighted by atomic mass is 35.5. The average Bonchev–Trinajstić information content (AvgIpc) is 2.15. The largest absolute Gasteiger partial charge is 0.475 e. The molecule has 15 heavy (non-hydrogen) atoms. The Morgan fingerprint density at radius 3 is 2.33 bits per heavy atom. The van der Waals surface area contributed by atoms with Gasteiger partial charge in [-0.2, -0.15) is 0 Å². The van der Waals surface area contributed by atoms with E-state index in [0.717, 1.165) is 6.07 Å². The maximum atomic E-state index is 13.3. The van der Waals surface area contributed by atoms with Crippen LogP contribution in [0.3, 0.4) is 0 Å². The fourth-order valence-corrected chi connectivity index (χ4v) is 1.29. The van der Waals surface area contributed by atoms with Crippen LogP contribution >= 0.6 is 11.6 Å². The Balaban J connectivity index is 3.53. The average molecular weight is 235 g/mol. The van der Waals surface area contributed by atoms with Crippen molar-refractivity contribution in [2.24, 2.45) is 0 Å². The predicted molar refractivity (Wildman–Crippen MR) is 48.1 cm³/mol. The molecule has 0 aliphatic carbocycles. The highest BCUT2D eigenvalue weighted by Crippen LogP contribution is 2.24. The Labute approximate surface area is 88.3 Å². The molecule has 0 aromatic heterocycles. The van der Waals surface area contributed by atoms with Gasteiger partial charge in [-0.25, -0.2) is 13.6 Å². The molecule has 0 saturated carbocycles. The molecule has 1 N–H and O–H groups in total. The van der Waals surface area contributed by atoms with Gasteiger partial charge in [0.25, 0.3) is 5.78 Å². The van der Waals surface area contributed by atoms with Crippen LogP contribution in [0.1, 0.15) is 15.9 Å².